The van der Waals surface area contributed by atoms with Gasteiger partial charge in [0.2, 0.25) is 5.91 Å². The molecule has 0 radical (unpaired) electrons. The smallest absolute Gasteiger partial charge is 0.255 e. The third-order valence-corrected chi connectivity index (χ3v) is 5.06. The molecule has 0 aromatic heterocycles. The first-order valence-corrected chi connectivity index (χ1v) is 9.61. The molecule has 4 rings (SSSR count). The first kappa shape index (κ1) is 18.7. The van der Waals surface area contributed by atoms with E-state index < -0.39 is 0 Å². The molecular weight excluding hydrogens is 364 g/mol. The molecule has 1 fully saturated rings. The predicted molar refractivity (Wildman–Crippen MR) is 114 cm³/mol. The number of hydrogen-bond acceptors (Lipinski definition) is 3. The second-order valence-electron chi connectivity index (χ2n) is 6.93. The highest BCUT2D eigenvalue weighted by molar-refractivity contribution is 6.05. The van der Waals surface area contributed by atoms with Gasteiger partial charge in [0.1, 0.15) is 5.75 Å². The Morgan fingerprint density at radius 2 is 1.69 bits per heavy atom. The fraction of sp³-hybridized carbons (Fsp3) is 0.167. The van der Waals surface area contributed by atoms with Gasteiger partial charge in [0.05, 0.1) is 12.8 Å². The minimum absolute atomic E-state index is 0.0725. The molecule has 1 saturated heterocycles. The van der Waals surface area contributed by atoms with E-state index in [4.69, 9.17) is 4.74 Å². The van der Waals surface area contributed by atoms with Gasteiger partial charge in [0, 0.05) is 24.2 Å². The van der Waals surface area contributed by atoms with Crippen LogP contribution in [0.2, 0.25) is 0 Å². The summed E-state index contributed by atoms with van der Waals surface area (Å²) in [6.45, 7) is 0.660. The van der Waals surface area contributed by atoms with Crippen LogP contribution >= 0.6 is 0 Å². The van der Waals surface area contributed by atoms with Crippen LogP contribution in [0.1, 0.15) is 23.2 Å². The predicted octanol–water partition coefficient (Wildman–Crippen LogP) is 4.74. The molecule has 146 valence electrons. The number of carbonyl (C=O) groups excluding carboxylic acids is 2. The second kappa shape index (κ2) is 8.19. The van der Waals surface area contributed by atoms with E-state index in [0.29, 0.717) is 35.7 Å². The molecule has 0 atom stereocenters. The Morgan fingerprint density at radius 3 is 2.34 bits per heavy atom. The molecule has 5 nitrogen and oxygen atoms in total. The first-order valence-electron chi connectivity index (χ1n) is 9.61. The van der Waals surface area contributed by atoms with Crippen LogP contribution in [0, 0.1) is 0 Å². The maximum absolute atomic E-state index is 12.7. The van der Waals surface area contributed by atoms with Gasteiger partial charge in [-0.1, -0.05) is 42.5 Å². The van der Waals surface area contributed by atoms with Gasteiger partial charge < -0.3 is 15.0 Å². The summed E-state index contributed by atoms with van der Waals surface area (Å²) < 4.78 is 5.40. The molecule has 3 aromatic carbocycles. The fourth-order valence-corrected chi connectivity index (χ4v) is 3.53. The molecule has 1 aliphatic heterocycles. The van der Waals surface area contributed by atoms with Gasteiger partial charge in [-0.15, -0.1) is 0 Å². The van der Waals surface area contributed by atoms with E-state index >= 15 is 0 Å². The number of amides is 2. The molecule has 5 heteroatoms. The summed E-state index contributed by atoms with van der Waals surface area (Å²) in [6.07, 6.45) is 1.36. The van der Waals surface area contributed by atoms with Crippen LogP contribution in [0.15, 0.2) is 72.8 Å². The van der Waals surface area contributed by atoms with E-state index in [0.717, 1.165) is 17.5 Å². The molecular formula is C24H22N2O3. The van der Waals surface area contributed by atoms with Crippen molar-refractivity contribution in [2.75, 3.05) is 23.9 Å². The number of carbonyl (C=O) groups is 2. The molecule has 3 aromatic rings. The topological polar surface area (TPSA) is 58.6 Å². The third kappa shape index (κ3) is 3.99. The van der Waals surface area contributed by atoms with Gasteiger partial charge in [-0.3, -0.25) is 9.59 Å². The van der Waals surface area contributed by atoms with Crippen LogP contribution in [0.5, 0.6) is 5.75 Å². The molecule has 0 saturated carbocycles. The lowest BCUT2D eigenvalue weighted by atomic mass is 10.0. The van der Waals surface area contributed by atoms with E-state index in [1.165, 1.54) is 0 Å². The van der Waals surface area contributed by atoms with E-state index in [-0.39, 0.29) is 11.8 Å². The van der Waals surface area contributed by atoms with Crippen LogP contribution in [-0.2, 0) is 4.79 Å². The zero-order chi connectivity index (χ0) is 20.2. The van der Waals surface area contributed by atoms with E-state index in [2.05, 4.69) is 5.32 Å². The van der Waals surface area contributed by atoms with Crippen molar-refractivity contribution in [1.29, 1.82) is 0 Å². The summed E-state index contributed by atoms with van der Waals surface area (Å²) in [5.41, 5.74) is 4.04. The first-order chi connectivity index (χ1) is 14.2. The third-order valence-electron chi connectivity index (χ3n) is 5.06. The highest BCUT2D eigenvalue weighted by Gasteiger charge is 2.25. The average Bonchev–Trinajstić information content (AvgIpc) is 3.20. The Labute approximate surface area is 169 Å². The van der Waals surface area contributed by atoms with Crippen molar-refractivity contribution in [2.24, 2.45) is 0 Å². The minimum atomic E-state index is -0.200. The van der Waals surface area contributed by atoms with E-state index in [9.17, 15) is 9.59 Å². The molecule has 0 spiro atoms. The molecule has 0 unspecified atom stereocenters. The van der Waals surface area contributed by atoms with E-state index in [1.807, 2.05) is 54.6 Å². The van der Waals surface area contributed by atoms with Gasteiger partial charge in [-0.05, 0) is 47.9 Å². The van der Waals surface area contributed by atoms with Crippen molar-refractivity contribution < 1.29 is 14.3 Å². The number of rotatable bonds is 5. The van der Waals surface area contributed by atoms with Crippen molar-refractivity contribution in [3.8, 4) is 16.9 Å². The molecule has 29 heavy (non-hydrogen) atoms. The Kier molecular flexibility index (Phi) is 5.29. The molecule has 1 aliphatic rings. The largest absolute Gasteiger partial charge is 0.495 e. The average molecular weight is 386 g/mol. The monoisotopic (exact) mass is 386 g/mol. The quantitative estimate of drug-likeness (QED) is 0.689. The maximum Gasteiger partial charge on any atom is 0.255 e. The standard InChI is InChI=1S/C24H22N2O3/c1-29-22-14-13-20(16-21(22)26-15-5-8-23(26)27)25-24(28)19-11-9-18(10-12-19)17-6-3-2-4-7-17/h2-4,6-7,9-14,16H,5,8,15H2,1H3,(H,25,28). The van der Waals surface area contributed by atoms with Gasteiger partial charge in [0.25, 0.3) is 5.91 Å². The van der Waals surface area contributed by atoms with Crippen molar-refractivity contribution in [3.63, 3.8) is 0 Å². The zero-order valence-corrected chi connectivity index (χ0v) is 16.2. The molecule has 2 amide bonds. The van der Waals surface area contributed by atoms with E-state index in [1.54, 1.807) is 30.2 Å². The second-order valence-corrected chi connectivity index (χ2v) is 6.93. The van der Waals surface area contributed by atoms with Gasteiger partial charge in [-0.25, -0.2) is 0 Å². The summed E-state index contributed by atoms with van der Waals surface area (Å²) in [5.74, 6) is 0.488. The Hall–Kier alpha value is -3.60. The Balaban J connectivity index is 1.53. The van der Waals surface area contributed by atoms with Crippen LogP contribution in [0.4, 0.5) is 11.4 Å². The van der Waals surface area contributed by atoms with Crippen LogP contribution in [0.25, 0.3) is 11.1 Å². The molecule has 1 N–H and O–H groups in total. The normalized spacial score (nSPS) is 13.4. The van der Waals surface area contributed by atoms with Crippen LogP contribution < -0.4 is 15.0 Å². The highest BCUT2D eigenvalue weighted by atomic mass is 16.5. The fourth-order valence-electron chi connectivity index (χ4n) is 3.53. The number of anilines is 2. The molecule has 0 aliphatic carbocycles. The number of nitrogens with zero attached hydrogens (tertiary/aromatic N) is 1. The Bertz CT molecular complexity index is 1030. The van der Waals surface area contributed by atoms with Gasteiger partial charge in [0.15, 0.2) is 0 Å². The molecule has 1 heterocycles. The lowest BCUT2D eigenvalue weighted by Crippen LogP contribution is -2.24. The lowest BCUT2D eigenvalue weighted by Gasteiger charge is -2.20. The van der Waals surface area contributed by atoms with Crippen LogP contribution in [0.3, 0.4) is 0 Å². The van der Waals surface area contributed by atoms with Crippen LogP contribution in [-0.4, -0.2) is 25.5 Å². The number of methoxy groups -OCH3 is 1. The minimum Gasteiger partial charge on any atom is -0.495 e. The van der Waals surface area contributed by atoms with Crippen molar-refractivity contribution in [2.45, 2.75) is 12.8 Å². The highest BCUT2D eigenvalue weighted by Crippen LogP contribution is 2.34. The summed E-state index contributed by atoms with van der Waals surface area (Å²) in [6, 6.07) is 22.9. The molecule has 0 bridgehead atoms. The SMILES string of the molecule is COc1ccc(NC(=O)c2ccc(-c3ccccc3)cc2)cc1N1CCCC1=O. The maximum atomic E-state index is 12.7. The Morgan fingerprint density at radius 1 is 0.966 bits per heavy atom. The van der Waals surface area contributed by atoms with Crippen molar-refractivity contribution in [1.82, 2.24) is 0 Å². The summed E-state index contributed by atoms with van der Waals surface area (Å²) in [7, 11) is 1.58. The van der Waals surface area contributed by atoms with Gasteiger partial charge >= 0.3 is 0 Å². The summed E-state index contributed by atoms with van der Waals surface area (Å²) in [5, 5.41) is 2.91. The lowest BCUT2D eigenvalue weighted by molar-refractivity contribution is -0.117. The summed E-state index contributed by atoms with van der Waals surface area (Å²) in [4.78, 5) is 26.5. The number of nitrogens with one attached hydrogen (secondary N) is 1. The number of benzene rings is 3. The van der Waals surface area contributed by atoms with Crippen molar-refractivity contribution >= 4 is 23.2 Å². The number of hydrogen-bond donors (Lipinski definition) is 1. The summed E-state index contributed by atoms with van der Waals surface area (Å²) >= 11 is 0. The number of ether oxygens (including phenoxy) is 1. The van der Waals surface area contributed by atoms with Gasteiger partial charge in [-0.2, -0.15) is 0 Å². The zero-order valence-electron chi connectivity index (χ0n) is 16.2. The van der Waals surface area contributed by atoms with Crippen molar-refractivity contribution in [3.05, 3.63) is 78.4 Å².